The first-order valence-electron chi connectivity index (χ1n) is 7.81. The lowest BCUT2D eigenvalue weighted by molar-refractivity contribution is -0.123. The number of rotatable bonds is 8. The molecule has 0 aliphatic carbocycles. The highest BCUT2D eigenvalue weighted by Gasteiger charge is 2.15. The number of alkyl halides is 1. The van der Waals surface area contributed by atoms with Crippen LogP contribution in [-0.4, -0.2) is 17.0 Å². The molecular weight excluding hydrogens is 342 g/mol. The summed E-state index contributed by atoms with van der Waals surface area (Å²) in [5.74, 6) is 0.679. The summed E-state index contributed by atoms with van der Waals surface area (Å²) in [5.41, 5.74) is 3.19. The second-order valence-electron chi connectivity index (χ2n) is 6.54. The number of halogens is 1. The largest absolute Gasteiger partial charge is 0.325 e. The van der Waals surface area contributed by atoms with Gasteiger partial charge in [0.05, 0.1) is 11.8 Å². The van der Waals surface area contributed by atoms with Gasteiger partial charge in [0.15, 0.2) is 5.78 Å². The Morgan fingerprint density at radius 1 is 1.05 bits per heavy atom. The van der Waals surface area contributed by atoms with Gasteiger partial charge in [0.2, 0.25) is 5.91 Å². The number of carbonyl (C=O) groups is 2. The lowest BCUT2D eigenvalue weighted by atomic mass is 9.94. The molecular formula is C18H26BrNO2. The Morgan fingerprint density at radius 2 is 1.55 bits per heavy atom. The Hall–Kier alpha value is -1.16. The summed E-state index contributed by atoms with van der Waals surface area (Å²) in [4.78, 5) is 23.5. The summed E-state index contributed by atoms with van der Waals surface area (Å²) in [6, 6.07) is 6.17. The molecule has 4 heteroatoms. The molecule has 0 radical (unpaired) electrons. The predicted molar refractivity (Wildman–Crippen MR) is 95.6 cm³/mol. The number of nitrogens with one attached hydrogen (secondary N) is 1. The second-order valence-corrected chi connectivity index (χ2v) is 7.11. The molecule has 0 fully saturated rings. The summed E-state index contributed by atoms with van der Waals surface area (Å²) in [7, 11) is 0. The average molecular weight is 368 g/mol. The molecule has 0 saturated carbocycles. The van der Waals surface area contributed by atoms with Crippen LogP contribution in [0.1, 0.15) is 45.2 Å². The zero-order valence-corrected chi connectivity index (χ0v) is 15.5. The molecule has 1 rings (SSSR count). The van der Waals surface area contributed by atoms with Crippen molar-refractivity contribution in [3.63, 3.8) is 0 Å². The number of carbonyl (C=O) groups excluding carboxylic acids is 2. The number of para-hydroxylation sites is 1. The van der Waals surface area contributed by atoms with Crippen LogP contribution in [-0.2, 0) is 22.4 Å². The lowest BCUT2D eigenvalue weighted by Crippen LogP contribution is -2.19. The van der Waals surface area contributed by atoms with E-state index in [9.17, 15) is 9.59 Å². The molecule has 1 amide bonds. The van der Waals surface area contributed by atoms with Gasteiger partial charge >= 0.3 is 0 Å². The lowest BCUT2D eigenvalue weighted by Gasteiger charge is -2.18. The van der Waals surface area contributed by atoms with Crippen molar-refractivity contribution in [1.29, 1.82) is 0 Å². The van der Waals surface area contributed by atoms with Crippen molar-refractivity contribution in [2.45, 2.75) is 47.0 Å². The van der Waals surface area contributed by atoms with Crippen molar-refractivity contribution in [2.75, 3.05) is 10.6 Å². The number of ketones is 1. The summed E-state index contributed by atoms with van der Waals surface area (Å²) in [6.07, 6.45) is 1.74. The fourth-order valence-corrected chi connectivity index (χ4v) is 2.64. The molecule has 0 atom stereocenters. The summed E-state index contributed by atoms with van der Waals surface area (Å²) < 4.78 is 0. The van der Waals surface area contributed by atoms with E-state index in [1.54, 1.807) is 0 Å². The van der Waals surface area contributed by atoms with E-state index >= 15 is 0 Å². The van der Waals surface area contributed by atoms with Crippen LogP contribution in [0.4, 0.5) is 5.69 Å². The van der Waals surface area contributed by atoms with Crippen molar-refractivity contribution < 1.29 is 9.59 Å². The zero-order valence-electron chi connectivity index (χ0n) is 13.9. The van der Waals surface area contributed by atoms with Gasteiger partial charge < -0.3 is 5.32 Å². The first-order chi connectivity index (χ1) is 10.3. The Kier molecular flexibility index (Phi) is 7.80. The number of hydrogen-bond donors (Lipinski definition) is 1. The molecule has 3 nitrogen and oxygen atoms in total. The van der Waals surface area contributed by atoms with Crippen molar-refractivity contribution in [1.82, 2.24) is 0 Å². The summed E-state index contributed by atoms with van der Waals surface area (Å²) in [6.45, 7) is 8.65. The van der Waals surface area contributed by atoms with E-state index in [2.05, 4.69) is 67.1 Å². The number of benzene rings is 1. The highest BCUT2D eigenvalue weighted by atomic mass is 79.9. The van der Waals surface area contributed by atoms with Crippen LogP contribution in [0.5, 0.6) is 0 Å². The van der Waals surface area contributed by atoms with E-state index in [4.69, 9.17) is 0 Å². The quantitative estimate of drug-likeness (QED) is 0.547. The maximum Gasteiger partial charge on any atom is 0.231 e. The highest BCUT2D eigenvalue weighted by Crippen LogP contribution is 2.26. The third-order valence-corrected chi connectivity index (χ3v) is 3.89. The summed E-state index contributed by atoms with van der Waals surface area (Å²) >= 11 is 3.09. The molecule has 0 saturated heterocycles. The van der Waals surface area contributed by atoms with Crippen molar-refractivity contribution in [2.24, 2.45) is 11.8 Å². The summed E-state index contributed by atoms with van der Waals surface area (Å²) in [5, 5.41) is 3.19. The molecule has 1 aromatic carbocycles. The molecule has 0 unspecified atom stereocenters. The zero-order chi connectivity index (χ0) is 16.7. The minimum Gasteiger partial charge on any atom is -0.325 e. The van der Waals surface area contributed by atoms with E-state index in [1.807, 2.05) is 0 Å². The van der Waals surface area contributed by atoms with Crippen molar-refractivity contribution in [3.8, 4) is 0 Å². The van der Waals surface area contributed by atoms with Gasteiger partial charge in [0.25, 0.3) is 0 Å². The van der Waals surface area contributed by atoms with Crippen LogP contribution in [0.25, 0.3) is 0 Å². The van der Waals surface area contributed by atoms with Crippen LogP contribution in [0.2, 0.25) is 0 Å². The van der Waals surface area contributed by atoms with E-state index in [0.717, 1.165) is 29.7 Å². The molecule has 0 spiro atoms. The first-order valence-corrected chi connectivity index (χ1v) is 8.93. The van der Waals surface area contributed by atoms with Crippen LogP contribution in [0, 0.1) is 11.8 Å². The Balaban J connectivity index is 3.05. The SMILES string of the molecule is CC(C)Cc1cccc(CC(C)C)c1NC(=O)CC(=O)CBr. The molecule has 0 aliphatic rings. The second kappa shape index (κ2) is 9.09. The standard InChI is InChI=1S/C18H26BrNO2/c1-12(2)8-14-6-5-7-15(9-13(3)4)18(14)20-17(22)10-16(21)11-19/h5-7,12-13H,8-11H2,1-4H3,(H,20,22). The third-order valence-electron chi connectivity index (χ3n) is 3.26. The highest BCUT2D eigenvalue weighted by molar-refractivity contribution is 9.09. The molecule has 1 N–H and O–H groups in total. The fourth-order valence-electron chi connectivity index (χ4n) is 2.44. The van der Waals surface area contributed by atoms with Crippen LogP contribution < -0.4 is 5.32 Å². The smallest absolute Gasteiger partial charge is 0.231 e. The van der Waals surface area contributed by atoms with Gasteiger partial charge in [-0.25, -0.2) is 0 Å². The van der Waals surface area contributed by atoms with E-state index in [-0.39, 0.29) is 23.4 Å². The van der Waals surface area contributed by atoms with Crippen molar-refractivity contribution >= 4 is 33.3 Å². The normalized spacial score (nSPS) is 11.0. The maximum atomic E-state index is 12.1. The minimum absolute atomic E-state index is 0.0810. The van der Waals surface area contributed by atoms with Crippen LogP contribution in [0.3, 0.4) is 0 Å². The molecule has 0 heterocycles. The average Bonchev–Trinajstić information content (AvgIpc) is 2.41. The molecule has 0 bridgehead atoms. The monoisotopic (exact) mass is 367 g/mol. The molecule has 0 aliphatic heterocycles. The maximum absolute atomic E-state index is 12.1. The molecule has 122 valence electrons. The van der Waals surface area contributed by atoms with Crippen LogP contribution >= 0.6 is 15.9 Å². The van der Waals surface area contributed by atoms with E-state index in [1.165, 1.54) is 0 Å². The van der Waals surface area contributed by atoms with Gasteiger partial charge in [-0.3, -0.25) is 9.59 Å². The predicted octanol–water partition coefficient (Wildman–Crippen LogP) is 4.38. The van der Waals surface area contributed by atoms with Gasteiger partial charge in [-0.05, 0) is 35.8 Å². The van der Waals surface area contributed by atoms with Crippen molar-refractivity contribution in [3.05, 3.63) is 29.3 Å². The Bertz CT molecular complexity index is 496. The topological polar surface area (TPSA) is 46.2 Å². The number of anilines is 1. The molecule has 1 aromatic rings. The van der Waals surface area contributed by atoms with Crippen LogP contribution in [0.15, 0.2) is 18.2 Å². The fraction of sp³-hybridized carbons (Fsp3) is 0.556. The minimum atomic E-state index is -0.231. The number of hydrogen-bond acceptors (Lipinski definition) is 2. The van der Waals surface area contributed by atoms with Gasteiger partial charge in [-0.1, -0.05) is 61.8 Å². The van der Waals surface area contributed by atoms with Gasteiger partial charge in [0.1, 0.15) is 0 Å². The first kappa shape index (κ1) is 18.9. The number of amides is 1. The molecule has 0 aromatic heterocycles. The van der Waals surface area contributed by atoms with E-state index in [0.29, 0.717) is 11.8 Å². The van der Waals surface area contributed by atoms with Gasteiger partial charge in [-0.2, -0.15) is 0 Å². The van der Waals surface area contributed by atoms with Gasteiger partial charge in [-0.15, -0.1) is 0 Å². The Morgan fingerprint density at radius 3 is 1.95 bits per heavy atom. The Labute approximate surface area is 142 Å². The van der Waals surface area contributed by atoms with Gasteiger partial charge in [0, 0.05) is 5.69 Å². The molecule has 22 heavy (non-hydrogen) atoms. The van der Waals surface area contributed by atoms with E-state index < -0.39 is 0 Å². The number of Topliss-reactive ketones (excluding diaryl/α,β-unsaturated/α-hetero) is 1. The third kappa shape index (κ3) is 6.30.